The predicted octanol–water partition coefficient (Wildman–Crippen LogP) is -0.155. The zero-order valence-corrected chi connectivity index (χ0v) is 5.02. The molecule has 1 atom stereocenters. The largest absolute Gasteiger partial charge is 0.342 e. The molecular weight excluding hydrogens is 102 g/mol. The highest BCUT2D eigenvalue weighted by Crippen LogP contribution is 2.08. The maximum Gasteiger partial charge on any atom is 0.0984 e. The van der Waals surface area contributed by atoms with Gasteiger partial charge in [0, 0.05) is 0 Å². The lowest BCUT2D eigenvalue weighted by Gasteiger charge is -1.94. The number of rotatable bonds is 3. The average molecular weight is 113 g/mol. The zero-order chi connectivity index (χ0) is 5.98. The first-order valence-electron chi connectivity index (χ1n) is 2.88. The normalized spacial score (nSPS) is 25.6. The molecule has 3 heteroatoms. The van der Waals surface area contributed by atoms with Crippen molar-refractivity contribution in [3.05, 3.63) is 0 Å². The van der Waals surface area contributed by atoms with Gasteiger partial charge in [0.05, 0.1) is 19.0 Å². The molecular formula is C5H11N3. The van der Waals surface area contributed by atoms with Gasteiger partial charge in [0.15, 0.2) is 0 Å². The van der Waals surface area contributed by atoms with Gasteiger partial charge in [-0.3, -0.25) is 10.7 Å². The zero-order valence-electron chi connectivity index (χ0n) is 5.02. The Bertz CT molecular complexity index is 91.7. The Morgan fingerprint density at radius 3 is 3.12 bits per heavy atom. The first kappa shape index (κ1) is 5.56. The monoisotopic (exact) mass is 113 g/mol. The van der Waals surface area contributed by atoms with E-state index < -0.39 is 0 Å². The molecule has 0 saturated carbocycles. The summed E-state index contributed by atoms with van der Waals surface area (Å²) in [5.74, 6) is 0. The summed E-state index contributed by atoms with van der Waals surface area (Å²) in [7, 11) is 0. The molecule has 0 amide bonds. The molecule has 1 saturated heterocycles. The first-order valence-corrected chi connectivity index (χ1v) is 2.88. The van der Waals surface area contributed by atoms with Crippen molar-refractivity contribution in [3.8, 4) is 0 Å². The molecule has 0 aliphatic carbocycles. The lowest BCUT2D eigenvalue weighted by molar-refractivity contribution is 0.620. The molecule has 0 aromatic heterocycles. The van der Waals surface area contributed by atoms with Crippen molar-refractivity contribution in [2.45, 2.75) is 13.1 Å². The van der Waals surface area contributed by atoms with Gasteiger partial charge >= 0.3 is 0 Å². The van der Waals surface area contributed by atoms with Crippen LogP contribution in [0.15, 0.2) is 0 Å². The van der Waals surface area contributed by atoms with E-state index in [0.29, 0.717) is 6.17 Å². The van der Waals surface area contributed by atoms with Crippen LogP contribution < -0.4 is 5.32 Å². The van der Waals surface area contributed by atoms with Gasteiger partial charge in [-0.25, -0.2) is 0 Å². The van der Waals surface area contributed by atoms with Crippen molar-refractivity contribution in [1.29, 1.82) is 5.41 Å². The van der Waals surface area contributed by atoms with E-state index in [1.165, 1.54) is 6.34 Å². The summed E-state index contributed by atoms with van der Waals surface area (Å²) in [4.78, 5) is 1.93. The van der Waals surface area contributed by atoms with Crippen molar-refractivity contribution in [1.82, 2.24) is 10.2 Å². The minimum atomic E-state index is 0.470. The molecule has 1 fully saturated rings. The van der Waals surface area contributed by atoms with Gasteiger partial charge < -0.3 is 4.90 Å². The SMILES string of the molecule is CCNC1CN1C=N. The molecule has 1 aliphatic heterocycles. The van der Waals surface area contributed by atoms with Crippen molar-refractivity contribution in [2.75, 3.05) is 13.1 Å². The minimum Gasteiger partial charge on any atom is -0.342 e. The molecule has 1 rings (SSSR count). The molecule has 1 unspecified atom stereocenters. The van der Waals surface area contributed by atoms with E-state index >= 15 is 0 Å². The second-order valence-electron chi connectivity index (χ2n) is 1.90. The summed E-state index contributed by atoms with van der Waals surface area (Å²) >= 11 is 0. The Kier molecular flexibility index (Phi) is 1.48. The minimum absolute atomic E-state index is 0.470. The fraction of sp³-hybridized carbons (Fsp3) is 0.800. The fourth-order valence-corrected chi connectivity index (χ4v) is 0.713. The van der Waals surface area contributed by atoms with Crippen LogP contribution in [0.4, 0.5) is 0 Å². The molecule has 0 aromatic rings. The van der Waals surface area contributed by atoms with E-state index in [0.717, 1.165) is 13.1 Å². The Balaban J connectivity index is 2.07. The van der Waals surface area contributed by atoms with Crippen LogP contribution in [0.1, 0.15) is 6.92 Å². The molecule has 1 heterocycles. The summed E-state index contributed by atoms with van der Waals surface area (Å²) in [5.41, 5.74) is 0. The molecule has 0 radical (unpaired) electrons. The van der Waals surface area contributed by atoms with E-state index in [1.54, 1.807) is 0 Å². The Labute approximate surface area is 49.2 Å². The van der Waals surface area contributed by atoms with Crippen LogP contribution in [0, 0.1) is 5.41 Å². The van der Waals surface area contributed by atoms with E-state index in [9.17, 15) is 0 Å². The molecule has 8 heavy (non-hydrogen) atoms. The third-order valence-corrected chi connectivity index (χ3v) is 1.26. The van der Waals surface area contributed by atoms with Crippen molar-refractivity contribution < 1.29 is 0 Å². The molecule has 46 valence electrons. The highest BCUT2D eigenvalue weighted by molar-refractivity contribution is 5.54. The van der Waals surface area contributed by atoms with Crippen molar-refractivity contribution in [3.63, 3.8) is 0 Å². The van der Waals surface area contributed by atoms with Gasteiger partial charge in [0.2, 0.25) is 0 Å². The fourth-order valence-electron chi connectivity index (χ4n) is 0.713. The highest BCUT2D eigenvalue weighted by Gasteiger charge is 2.29. The van der Waals surface area contributed by atoms with Gasteiger partial charge in [0.25, 0.3) is 0 Å². The lowest BCUT2D eigenvalue weighted by atomic mass is 10.7. The van der Waals surface area contributed by atoms with Crippen LogP contribution in [0.2, 0.25) is 0 Å². The number of nitrogens with one attached hydrogen (secondary N) is 2. The van der Waals surface area contributed by atoms with Crippen LogP contribution in [-0.2, 0) is 0 Å². The number of likely N-dealkylation sites (N-methyl/N-ethyl adjacent to an activating group) is 1. The van der Waals surface area contributed by atoms with Crippen LogP contribution >= 0.6 is 0 Å². The summed E-state index contributed by atoms with van der Waals surface area (Å²) in [6.07, 6.45) is 1.84. The van der Waals surface area contributed by atoms with Gasteiger partial charge in [0.1, 0.15) is 0 Å². The highest BCUT2D eigenvalue weighted by atomic mass is 15.4. The van der Waals surface area contributed by atoms with Crippen LogP contribution in [0.5, 0.6) is 0 Å². The van der Waals surface area contributed by atoms with Crippen LogP contribution in [0.3, 0.4) is 0 Å². The topological polar surface area (TPSA) is 38.9 Å². The maximum absolute atomic E-state index is 6.79. The number of nitrogens with zero attached hydrogens (tertiary/aromatic N) is 1. The number of hydrogen-bond acceptors (Lipinski definition) is 2. The van der Waals surface area contributed by atoms with E-state index in [2.05, 4.69) is 12.2 Å². The third-order valence-electron chi connectivity index (χ3n) is 1.26. The van der Waals surface area contributed by atoms with E-state index in [1.807, 2.05) is 4.90 Å². The molecule has 0 bridgehead atoms. The Morgan fingerprint density at radius 2 is 2.75 bits per heavy atom. The quantitative estimate of drug-likeness (QED) is 0.303. The summed E-state index contributed by atoms with van der Waals surface area (Å²) in [6, 6.07) is 0. The van der Waals surface area contributed by atoms with E-state index in [4.69, 9.17) is 5.41 Å². The van der Waals surface area contributed by atoms with Gasteiger partial charge in [-0.1, -0.05) is 6.92 Å². The van der Waals surface area contributed by atoms with Crippen LogP contribution in [0.25, 0.3) is 0 Å². The second kappa shape index (κ2) is 2.13. The molecule has 0 aromatic carbocycles. The van der Waals surface area contributed by atoms with Gasteiger partial charge in [-0.15, -0.1) is 0 Å². The lowest BCUT2D eigenvalue weighted by Crippen LogP contribution is -2.20. The molecule has 0 spiro atoms. The first-order chi connectivity index (χ1) is 3.88. The molecule has 3 nitrogen and oxygen atoms in total. The standard InChI is InChI=1S/C5H11N3/c1-2-7-5-3-8(5)4-6/h4-7H,2-3H2,1H3. The summed E-state index contributed by atoms with van der Waals surface area (Å²) < 4.78 is 0. The third kappa shape index (κ3) is 0.980. The molecule has 2 N–H and O–H groups in total. The smallest absolute Gasteiger partial charge is 0.0984 e. The number of hydrogen-bond donors (Lipinski definition) is 2. The van der Waals surface area contributed by atoms with Gasteiger partial charge in [-0.2, -0.15) is 0 Å². The van der Waals surface area contributed by atoms with E-state index in [-0.39, 0.29) is 0 Å². The maximum atomic E-state index is 6.79. The van der Waals surface area contributed by atoms with Gasteiger partial charge in [-0.05, 0) is 6.54 Å². The van der Waals surface area contributed by atoms with Crippen molar-refractivity contribution >= 4 is 6.34 Å². The summed E-state index contributed by atoms with van der Waals surface area (Å²) in [5, 5.41) is 9.98. The Hall–Kier alpha value is -0.570. The summed E-state index contributed by atoms with van der Waals surface area (Å²) in [6.45, 7) is 4.08. The average Bonchev–Trinajstić information content (AvgIpc) is 2.48. The van der Waals surface area contributed by atoms with Crippen molar-refractivity contribution in [2.24, 2.45) is 0 Å². The van der Waals surface area contributed by atoms with Crippen LogP contribution in [-0.4, -0.2) is 30.5 Å². The second-order valence-corrected chi connectivity index (χ2v) is 1.90. The Morgan fingerprint density at radius 1 is 2.00 bits per heavy atom. The molecule has 1 aliphatic rings. The predicted molar refractivity (Wildman–Crippen MR) is 33.0 cm³/mol.